The molecular formula is C17H16N4O2. The van der Waals surface area contributed by atoms with Crippen molar-refractivity contribution in [1.82, 2.24) is 4.98 Å². The number of nitrogens with two attached hydrogens (primary N) is 1. The minimum atomic E-state index is -0.216. The summed E-state index contributed by atoms with van der Waals surface area (Å²) in [5.41, 5.74) is 9.61. The lowest BCUT2D eigenvalue weighted by atomic mass is 9.83. The first-order valence-electron chi connectivity index (χ1n) is 7.61. The van der Waals surface area contributed by atoms with Gasteiger partial charge in [-0.25, -0.2) is 4.98 Å². The van der Waals surface area contributed by atoms with Gasteiger partial charge in [-0.2, -0.15) is 5.26 Å². The normalized spacial score (nSPS) is 16.2. The van der Waals surface area contributed by atoms with Crippen molar-refractivity contribution in [3.63, 3.8) is 0 Å². The van der Waals surface area contributed by atoms with Crippen molar-refractivity contribution in [3.05, 3.63) is 29.5 Å². The Kier molecular flexibility index (Phi) is 2.85. The highest BCUT2D eigenvalue weighted by atomic mass is 16.3. The van der Waals surface area contributed by atoms with Crippen molar-refractivity contribution in [2.45, 2.75) is 18.8 Å². The number of phenolic OH excluding ortho intramolecular Hbond substituents is 2. The number of phenols is 2. The lowest BCUT2D eigenvalue weighted by Crippen LogP contribution is -2.40. The monoisotopic (exact) mass is 308 g/mol. The van der Waals surface area contributed by atoms with Crippen molar-refractivity contribution in [1.29, 1.82) is 5.26 Å². The molecule has 2 aromatic rings. The van der Waals surface area contributed by atoms with Gasteiger partial charge >= 0.3 is 0 Å². The number of benzene rings is 1. The summed E-state index contributed by atoms with van der Waals surface area (Å²) >= 11 is 0. The van der Waals surface area contributed by atoms with E-state index in [0.29, 0.717) is 22.6 Å². The summed E-state index contributed by atoms with van der Waals surface area (Å²) in [4.78, 5) is 6.73. The fraction of sp³-hybridized carbons (Fsp3) is 0.294. The van der Waals surface area contributed by atoms with Crippen molar-refractivity contribution >= 4 is 11.5 Å². The maximum absolute atomic E-state index is 9.84. The fourth-order valence-corrected chi connectivity index (χ4v) is 3.67. The van der Waals surface area contributed by atoms with Gasteiger partial charge in [0, 0.05) is 24.6 Å². The number of nitrogens with zero attached hydrogens (tertiary/aromatic N) is 3. The molecule has 2 bridgehead atoms. The number of piperidine rings is 1. The predicted molar refractivity (Wildman–Crippen MR) is 86.3 cm³/mol. The first-order valence-corrected chi connectivity index (χ1v) is 7.61. The Hall–Kier alpha value is -2.94. The number of aromatic hydroxyl groups is 2. The van der Waals surface area contributed by atoms with Crippen LogP contribution in [0.4, 0.5) is 11.5 Å². The molecule has 1 fully saturated rings. The Morgan fingerprint density at radius 3 is 2.61 bits per heavy atom. The minimum absolute atomic E-state index is 0.190. The molecule has 1 aromatic heterocycles. The first-order chi connectivity index (χ1) is 11.1. The molecule has 4 N–H and O–H groups in total. The molecule has 1 aromatic carbocycles. The van der Waals surface area contributed by atoms with Gasteiger partial charge in [0.25, 0.3) is 0 Å². The van der Waals surface area contributed by atoms with Gasteiger partial charge in [-0.15, -0.1) is 0 Å². The summed E-state index contributed by atoms with van der Waals surface area (Å²) in [6.45, 7) is 1.87. The quantitative estimate of drug-likeness (QED) is 0.698. The summed E-state index contributed by atoms with van der Waals surface area (Å²) in [6, 6.07) is 6.73. The van der Waals surface area contributed by atoms with Gasteiger partial charge in [-0.1, -0.05) is 6.07 Å². The molecular weight excluding hydrogens is 292 g/mol. The maximum Gasteiger partial charge on any atom is 0.158 e. The summed E-state index contributed by atoms with van der Waals surface area (Å²) in [5, 5.41) is 28.9. The van der Waals surface area contributed by atoms with Crippen molar-refractivity contribution in [2.75, 3.05) is 23.7 Å². The zero-order chi connectivity index (χ0) is 16.1. The second-order valence-corrected chi connectivity index (χ2v) is 6.06. The maximum atomic E-state index is 9.84. The third-order valence-electron chi connectivity index (χ3n) is 4.80. The Morgan fingerprint density at radius 2 is 1.96 bits per heavy atom. The van der Waals surface area contributed by atoms with Gasteiger partial charge < -0.3 is 20.8 Å². The molecule has 23 heavy (non-hydrogen) atoms. The van der Waals surface area contributed by atoms with Crippen LogP contribution in [0.3, 0.4) is 0 Å². The van der Waals surface area contributed by atoms with Gasteiger partial charge in [0.05, 0.1) is 11.4 Å². The lowest BCUT2D eigenvalue weighted by Gasteiger charge is -2.42. The van der Waals surface area contributed by atoms with E-state index in [0.717, 1.165) is 37.3 Å². The third-order valence-corrected chi connectivity index (χ3v) is 4.80. The fourth-order valence-electron chi connectivity index (χ4n) is 3.67. The standard InChI is InChI=1S/C17H16N4O2/c18-8-11-14(10-1-2-12(22)13(23)7-10)16-15(20-17(11)19)9-3-5-21(16)6-4-9/h1-2,7,9,22-23H,3-6H2,(H2,19,20). The van der Waals surface area contributed by atoms with E-state index in [-0.39, 0.29) is 17.3 Å². The van der Waals surface area contributed by atoms with Crippen molar-refractivity contribution in [2.24, 2.45) is 0 Å². The average molecular weight is 308 g/mol. The van der Waals surface area contributed by atoms with E-state index >= 15 is 0 Å². The molecule has 3 aliphatic heterocycles. The number of rotatable bonds is 1. The van der Waals surface area contributed by atoms with Gasteiger partial charge in [0.15, 0.2) is 11.5 Å². The van der Waals surface area contributed by atoms with E-state index in [1.807, 2.05) is 0 Å². The number of anilines is 2. The molecule has 0 aliphatic carbocycles. The van der Waals surface area contributed by atoms with E-state index in [1.165, 1.54) is 12.1 Å². The van der Waals surface area contributed by atoms with Crippen LogP contribution in [0.15, 0.2) is 18.2 Å². The largest absolute Gasteiger partial charge is 0.504 e. The molecule has 0 radical (unpaired) electrons. The van der Waals surface area contributed by atoms with Gasteiger partial charge in [-0.05, 0) is 30.5 Å². The molecule has 0 atom stereocenters. The van der Waals surface area contributed by atoms with Gasteiger partial charge in [0.2, 0.25) is 0 Å². The number of nitriles is 1. The molecule has 0 saturated carbocycles. The van der Waals surface area contributed by atoms with Crippen LogP contribution in [0, 0.1) is 11.3 Å². The van der Waals surface area contributed by atoms with E-state index in [1.54, 1.807) is 6.07 Å². The van der Waals surface area contributed by atoms with Crippen molar-refractivity contribution in [3.8, 4) is 28.7 Å². The molecule has 0 unspecified atom stereocenters. The van der Waals surface area contributed by atoms with Crippen LogP contribution in [-0.2, 0) is 0 Å². The summed E-state index contributed by atoms with van der Waals surface area (Å²) < 4.78 is 0. The number of aromatic nitrogens is 1. The van der Waals surface area contributed by atoms with Crippen LogP contribution in [0.2, 0.25) is 0 Å². The van der Waals surface area contributed by atoms with Crippen LogP contribution in [0.25, 0.3) is 11.1 Å². The predicted octanol–water partition coefficient (Wildman–Crippen LogP) is 2.31. The average Bonchev–Trinajstić information content (AvgIpc) is 2.57. The van der Waals surface area contributed by atoms with E-state index in [9.17, 15) is 15.5 Å². The Labute approximate surface area is 133 Å². The third kappa shape index (κ3) is 1.90. The van der Waals surface area contributed by atoms with Gasteiger partial charge in [0.1, 0.15) is 17.5 Å². The Bertz CT molecular complexity index is 849. The Balaban J connectivity index is 2.05. The molecule has 0 amide bonds. The zero-order valence-corrected chi connectivity index (χ0v) is 12.5. The molecule has 3 aliphatic rings. The highest BCUT2D eigenvalue weighted by molar-refractivity contribution is 5.89. The number of pyridine rings is 1. The topological polar surface area (TPSA) is 106 Å². The number of fused-ring (bicyclic) bond motifs is 2. The lowest BCUT2D eigenvalue weighted by molar-refractivity contribution is 0.404. The van der Waals surface area contributed by atoms with Crippen LogP contribution in [-0.4, -0.2) is 28.3 Å². The van der Waals surface area contributed by atoms with Crippen LogP contribution in [0.5, 0.6) is 11.5 Å². The number of nitrogen functional groups attached to an aromatic ring is 1. The highest BCUT2D eigenvalue weighted by Gasteiger charge is 2.36. The summed E-state index contributed by atoms with van der Waals surface area (Å²) in [5.74, 6) is 0.188. The summed E-state index contributed by atoms with van der Waals surface area (Å²) in [7, 11) is 0. The second kappa shape index (κ2) is 4.78. The van der Waals surface area contributed by atoms with E-state index < -0.39 is 0 Å². The molecule has 6 nitrogen and oxygen atoms in total. The minimum Gasteiger partial charge on any atom is -0.504 e. The molecule has 1 saturated heterocycles. The Morgan fingerprint density at radius 1 is 1.22 bits per heavy atom. The molecule has 5 rings (SSSR count). The van der Waals surface area contributed by atoms with Crippen molar-refractivity contribution < 1.29 is 10.2 Å². The van der Waals surface area contributed by atoms with Crippen LogP contribution >= 0.6 is 0 Å². The SMILES string of the molecule is N#Cc1c(N)nc2c(c1-c1ccc(O)c(O)c1)N1CCC2CC1. The molecule has 4 heterocycles. The van der Waals surface area contributed by atoms with Crippen LogP contribution < -0.4 is 10.6 Å². The second-order valence-electron chi connectivity index (χ2n) is 6.06. The van der Waals surface area contributed by atoms with E-state index in [4.69, 9.17) is 5.73 Å². The molecule has 0 spiro atoms. The highest BCUT2D eigenvalue weighted by Crippen LogP contribution is 2.49. The smallest absolute Gasteiger partial charge is 0.158 e. The first kappa shape index (κ1) is 13.7. The molecule has 116 valence electrons. The van der Waals surface area contributed by atoms with Gasteiger partial charge in [-0.3, -0.25) is 0 Å². The number of hydrogen-bond donors (Lipinski definition) is 3. The number of hydrogen-bond acceptors (Lipinski definition) is 6. The summed E-state index contributed by atoms with van der Waals surface area (Å²) in [6.07, 6.45) is 2.09. The van der Waals surface area contributed by atoms with E-state index in [2.05, 4.69) is 16.0 Å². The zero-order valence-electron chi connectivity index (χ0n) is 12.5. The van der Waals surface area contributed by atoms with Crippen LogP contribution in [0.1, 0.15) is 30.0 Å². The molecule has 6 heteroatoms.